The summed E-state index contributed by atoms with van der Waals surface area (Å²) >= 11 is 0. The average Bonchev–Trinajstić information content (AvgIpc) is 3.57. The Morgan fingerprint density at radius 3 is 2.56 bits per heavy atom. The van der Waals surface area contributed by atoms with Crippen LogP contribution in [0.15, 0.2) is 71.3 Å². The van der Waals surface area contributed by atoms with E-state index in [2.05, 4.69) is 40.4 Å². The Bertz CT molecular complexity index is 1610. The first-order chi connectivity index (χ1) is 20.9. The normalized spacial score (nSPS) is 10.8. The molecule has 0 bridgehead atoms. The van der Waals surface area contributed by atoms with Crippen LogP contribution in [0, 0.1) is 17.1 Å². The van der Waals surface area contributed by atoms with Crippen LogP contribution in [0.4, 0.5) is 10.2 Å². The van der Waals surface area contributed by atoms with Crippen LogP contribution < -0.4 is 15.4 Å². The lowest BCUT2D eigenvalue weighted by Gasteiger charge is -2.18. The summed E-state index contributed by atoms with van der Waals surface area (Å²) in [5, 5.41) is 15.8. The van der Waals surface area contributed by atoms with Crippen molar-refractivity contribution in [2.24, 2.45) is 0 Å². The van der Waals surface area contributed by atoms with Gasteiger partial charge in [0.1, 0.15) is 23.2 Å². The van der Waals surface area contributed by atoms with Gasteiger partial charge in [-0.05, 0) is 61.1 Å². The van der Waals surface area contributed by atoms with E-state index in [0.717, 1.165) is 13.1 Å². The number of rotatable bonds is 13. The second-order valence-electron chi connectivity index (χ2n) is 9.38. The van der Waals surface area contributed by atoms with Gasteiger partial charge < -0.3 is 29.4 Å². The van der Waals surface area contributed by atoms with E-state index in [1.165, 1.54) is 37.6 Å². The summed E-state index contributed by atoms with van der Waals surface area (Å²) in [7, 11) is 1.44. The highest BCUT2D eigenvalue weighted by Crippen LogP contribution is 2.36. The molecule has 2 amide bonds. The minimum atomic E-state index is -0.617. The largest absolute Gasteiger partial charge is 0.467 e. The first-order valence-corrected chi connectivity index (χ1v) is 13.7. The molecule has 0 unspecified atom stereocenters. The molecule has 2 aromatic heterocycles. The van der Waals surface area contributed by atoms with Crippen molar-refractivity contribution in [3.05, 3.63) is 89.6 Å². The number of amides is 2. The lowest BCUT2D eigenvalue weighted by Crippen LogP contribution is -2.34. The van der Waals surface area contributed by atoms with Gasteiger partial charge in [-0.1, -0.05) is 26.0 Å². The third kappa shape index (κ3) is 7.62. The number of furan rings is 1. The SMILES string of the molecule is CCN(CC)CCNC(=O)c1cccc(-c2cc(-c3ccc(F)cc3OCOC)nc(NC(=O)c3ccco3)c2C#N)c1. The van der Waals surface area contributed by atoms with Gasteiger partial charge >= 0.3 is 0 Å². The predicted molar refractivity (Wildman–Crippen MR) is 159 cm³/mol. The molecular formula is C32H32FN5O5. The first-order valence-electron chi connectivity index (χ1n) is 13.7. The number of hydrogen-bond acceptors (Lipinski definition) is 8. The van der Waals surface area contributed by atoms with Gasteiger partial charge in [-0.3, -0.25) is 9.59 Å². The highest BCUT2D eigenvalue weighted by Gasteiger charge is 2.21. The topological polar surface area (TPSA) is 130 Å². The number of carbonyl (C=O) groups is 2. The van der Waals surface area contributed by atoms with Crippen molar-refractivity contribution in [3.63, 3.8) is 0 Å². The summed E-state index contributed by atoms with van der Waals surface area (Å²) in [6.07, 6.45) is 1.35. The standard InChI is InChI=1S/C32H32FN5O5/c1-4-38(5-2)14-13-35-31(39)22-9-6-8-21(16-22)25-18-27(24-12-11-23(33)17-29(24)43-20-41-3)36-30(26(25)19-34)37-32(40)28-10-7-15-42-28/h6-12,15-18H,4-5,13-14,20H2,1-3H3,(H,35,39)(H,36,37,40). The molecule has 0 aliphatic carbocycles. The van der Waals surface area contributed by atoms with Gasteiger partial charge in [0, 0.05) is 43.0 Å². The first kappa shape index (κ1) is 30.9. The number of carbonyl (C=O) groups excluding carboxylic acids is 2. The Morgan fingerprint density at radius 2 is 1.86 bits per heavy atom. The predicted octanol–water partition coefficient (Wildman–Crippen LogP) is 5.33. The third-order valence-electron chi connectivity index (χ3n) is 6.70. The summed E-state index contributed by atoms with van der Waals surface area (Å²) < 4.78 is 30.0. The molecule has 2 heterocycles. The molecule has 0 aliphatic rings. The summed E-state index contributed by atoms with van der Waals surface area (Å²) in [4.78, 5) is 32.7. The summed E-state index contributed by atoms with van der Waals surface area (Å²) in [5.74, 6) is -1.29. The second kappa shape index (κ2) is 14.7. The van der Waals surface area contributed by atoms with Gasteiger partial charge in [0.2, 0.25) is 0 Å². The van der Waals surface area contributed by atoms with E-state index in [1.807, 2.05) is 0 Å². The van der Waals surface area contributed by atoms with Crippen LogP contribution in [0.1, 0.15) is 40.3 Å². The molecule has 43 heavy (non-hydrogen) atoms. The molecule has 0 saturated carbocycles. The number of aromatic nitrogens is 1. The number of nitrogens with one attached hydrogen (secondary N) is 2. The third-order valence-corrected chi connectivity index (χ3v) is 6.70. The number of benzene rings is 2. The lowest BCUT2D eigenvalue weighted by atomic mass is 9.96. The maximum absolute atomic E-state index is 14.2. The van der Waals surface area contributed by atoms with Gasteiger partial charge in [-0.15, -0.1) is 0 Å². The molecule has 2 aromatic carbocycles. The zero-order chi connectivity index (χ0) is 30.8. The maximum atomic E-state index is 14.2. The fourth-order valence-electron chi connectivity index (χ4n) is 4.44. The van der Waals surface area contributed by atoms with Crippen LogP contribution in [0.25, 0.3) is 22.4 Å². The van der Waals surface area contributed by atoms with Crippen molar-refractivity contribution in [2.45, 2.75) is 13.8 Å². The zero-order valence-corrected chi connectivity index (χ0v) is 24.1. The lowest BCUT2D eigenvalue weighted by molar-refractivity contribution is 0.0513. The molecule has 2 N–H and O–H groups in total. The monoisotopic (exact) mass is 585 g/mol. The van der Waals surface area contributed by atoms with Crippen LogP contribution in [0.2, 0.25) is 0 Å². The van der Waals surface area contributed by atoms with Crippen molar-refractivity contribution >= 4 is 17.6 Å². The zero-order valence-electron chi connectivity index (χ0n) is 24.1. The molecule has 0 saturated heterocycles. The number of hydrogen-bond donors (Lipinski definition) is 2. The number of ether oxygens (including phenoxy) is 2. The molecule has 0 spiro atoms. The second-order valence-corrected chi connectivity index (χ2v) is 9.38. The van der Waals surface area contributed by atoms with Crippen molar-refractivity contribution in [2.75, 3.05) is 45.4 Å². The van der Waals surface area contributed by atoms with Crippen LogP contribution >= 0.6 is 0 Å². The van der Waals surface area contributed by atoms with Crippen molar-refractivity contribution in [3.8, 4) is 34.2 Å². The molecular weight excluding hydrogens is 553 g/mol. The number of nitriles is 1. The Kier molecular flexibility index (Phi) is 10.6. The summed E-state index contributed by atoms with van der Waals surface area (Å²) in [6, 6.07) is 17.5. The molecule has 4 rings (SSSR count). The number of methoxy groups -OCH3 is 1. The molecule has 11 heteroatoms. The average molecular weight is 586 g/mol. The summed E-state index contributed by atoms with van der Waals surface area (Å²) in [6.45, 7) is 6.94. The minimum Gasteiger partial charge on any atom is -0.467 e. The molecule has 10 nitrogen and oxygen atoms in total. The van der Waals surface area contributed by atoms with Crippen LogP contribution in [0.3, 0.4) is 0 Å². The van der Waals surface area contributed by atoms with Gasteiger partial charge in [0.25, 0.3) is 11.8 Å². The maximum Gasteiger partial charge on any atom is 0.292 e. The van der Waals surface area contributed by atoms with E-state index in [1.54, 1.807) is 36.4 Å². The van der Waals surface area contributed by atoms with Gasteiger partial charge in [-0.25, -0.2) is 9.37 Å². The van der Waals surface area contributed by atoms with Gasteiger partial charge in [-0.2, -0.15) is 5.26 Å². The van der Waals surface area contributed by atoms with Crippen LogP contribution in [0.5, 0.6) is 5.75 Å². The Balaban J connectivity index is 1.79. The number of nitrogens with zero attached hydrogens (tertiary/aromatic N) is 3. The number of likely N-dealkylation sites (N-methyl/N-ethyl adjacent to an activating group) is 1. The van der Waals surface area contributed by atoms with Crippen molar-refractivity contribution in [1.82, 2.24) is 15.2 Å². The quantitative estimate of drug-likeness (QED) is 0.202. The smallest absolute Gasteiger partial charge is 0.292 e. The van der Waals surface area contributed by atoms with E-state index in [4.69, 9.17) is 13.9 Å². The van der Waals surface area contributed by atoms with Crippen molar-refractivity contribution < 1.29 is 27.9 Å². The summed E-state index contributed by atoms with van der Waals surface area (Å²) in [5.41, 5.74) is 2.05. The Morgan fingerprint density at radius 1 is 1.05 bits per heavy atom. The van der Waals surface area contributed by atoms with E-state index in [9.17, 15) is 19.2 Å². The van der Waals surface area contributed by atoms with E-state index in [-0.39, 0.29) is 41.3 Å². The van der Waals surface area contributed by atoms with E-state index >= 15 is 0 Å². The van der Waals surface area contributed by atoms with Gasteiger partial charge in [0.15, 0.2) is 18.4 Å². The molecule has 0 radical (unpaired) electrons. The minimum absolute atomic E-state index is 0.0203. The Labute approximate surface area is 249 Å². The number of halogens is 1. The van der Waals surface area contributed by atoms with Crippen molar-refractivity contribution in [1.29, 1.82) is 5.26 Å². The highest BCUT2D eigenvalue weighted by atomic mass is 19.1. The van der Waals surface area contributed by atoms with Crippen LogP contribution in [-0.4, -0.2) is 61.8 Å². The molecule has 0 atom stereocenters. The highest BCUT2D eigenvalue weighted by molar-refractivity contribution is 6.03. The number of pyridine rings is 1. The van der Waals surface area contributed by atoms with E-state index in [0.29, 0.717) is 35.3 Å². The van der Waals surface area contributed by atoms with E-state index < -0.39 is 11.7 Å². The fraction of sp³-hybridized carbons (Fsp3) is 0.250. The molecule has 0 fully saturated rings. The fourth-order valence-corrected chi connectivity index (χ4v) is 4.44. The Hall–Kier alpha value is -5.05. The number of anilines is 1. The molecule has 0 aliphatic heterocycles. The van der Waals surface area contributed by atoms with Gasteiger partial charge in [0.05, 0.1) is 12.0 Å². The molecule has 4 aromatic rings. The molecule has 222 valence electrons. The van der Waals surface area contributed by atoms with Crippen LogP contribution in [-0.2, 0) is 4.74 Å².